The zero-order valence-corrected chi connectivity index (χ0v) is 7.78. The van der Waals surface area contributed by atoms with Gasteiger partial charge in [0.25, 0.3) is 0 Å². The van der Waals surface area contributed by atoms with Gasteiger partial charge in [-0.3, -0.25) is 0 Å². The molecule has 0 aliphatic heterocycles. The standard InChI is InChI=1S/C10H5F2NO3/c11-6-2-1-3-7(12)8(6)9-5(10(14)15)4-13-16-9/h1-4H,(H,14,15). The Bertz CT molecular complexity index is 530. The van der Waals surface area contributed by atoms with Crippen molar-refractivity contribution in [2.24, 2.45) is 0 Å². The molecule has 0 fully saturated rings. The highest BCUT2D eigenvalue weighted by atomic mass is 19.1. The second kappa shape index (κ2) is 3.73. The predicted octanol–water partition coefficient (Wildman–Crippen LogP) is 2.32. The fourth-order valence-electron chi connectivity index (χ4n) is 1.29. The summed E-state index contributed by atoms with van der Waals surface area (Å²) < 4.78 is 31.2. The highest BCUT2D eigenvalue weighted by Crippen LogP contribution is 2.28. The molecule has 1 heterocycles. The van der Waals surface area contributed by atoms with Gasteiger partial charge in [-0.1, -0.05) is 11.2 Å². The number of aromatic nitrogens is 1. The van der Waals surface area contributed by atoms with Crippen LogP contribution in [0.2, 0.25) is 0 Å². The number of rotatable bonds is 2. The largest absolute Gasteiger partial charge is 0.477 e. The molecule has 0 unspecified atom stereocenters. The summed E-state index contributed by atoms with van der Waals surface area (Å²) in [4.78, 5) is 10.7. The summed E-state index contributed by atoms with van der Waals surface area (Å²) in [7, 11) is 0. The van der Waals surface area contributed by atoms with Crippen LogP contribution in [0.5, 0.6) is 0 Å². The van der Waals surface area contributed by atoms with Gasteiger partial charge in [-0.25, -0.2) is 13.6 Å². The Labute approximate surface area is 88.1 Å². The molecule has 0 aliphatic carbocycles. The summed E-state index contributed by atoms with van der Waals surface area (Å²) in [6.45, 7) is 0. The van der Waals surface area contributed by atoms with Crippen molar-refractivity contribution >= 4 is 5.97 Å². The van der Waals surface area contributed by atoms with Gasteiger partial charge in [-0.05, 0) is 12.1 Å². The van der Waals surface area contributed by atoms with Gasteiger partial charge in [-0.15, -0.1) is 0 Å². The van der Waals surface area contributed by atoms with Crippen molar-refractivity contribution in [2.75, 3.05) is 0 Å². The van der Waals surface area contributed by atoms with Crippen LogP contribution in [0.4, 0.5) is 8.78 Å². The van der Waals surface area contributed by atoms with E-state index in [9.17, 15) is 13.6 Å². The molecular weight excluding hydrogens is 220 g/mol. The van der Waals surface area contributed by atoms with E-state index in [1.54, 1.807) is 0 Å². The molecule has 16 heavy (non-hydrogen) atoms. The van der Waals surface area contributed by atoms with Crippen molar-refractivity contribution < 1.29 is 23.2 Å². The first-order chi connectivity index (χ1) is 7.61. The van der Waals surface area contributed by atoms with E-state index >= 15 is 0 Å². The third kappa shape index (κ3) is 1.54. The first-order valence-electron chi connectivity index (χ1n) is 4.23. The number of aromatic carboxylic acids is 1. The zero-order chi connectivity index (χ0) is 11.7. The van der Waals surface area contributed by atoms with E-state index < -0.39 is 28.9 Å². The first-order valence-corrected chi connectivity index (χ1v) is 4.23. The van der Waals surface area contributed by atoms with E-state index in [4.69, 9.17) is 5.11 Å². The molecule has 82 valence electrons. The van der Waals surface area contributed by atoms with Crippen molar-refractivity contribution in [2.45, 2.75) is 0 Å². The van der Waals surface area contributed by atoms with E-state index in [0.29, 0.717) is 0 Å². The number of benzene rings is 1. The molecule has 0 saturated heterocycles. The van der Waals surface area contributed by atoms with Gasteiger partial charge in [0.1, 0.15) is 17.2 Å². The highest BCUT2D eigenvalue weighted by molar-refractivity contribution is 5.94. The lowest BCUT2D eigenvalue weighted by atomic mass is 10.1. The fraction of sp³-hybridized carbons (Fsp3) is 0. The van der Waals surface area contributed by atoms with Crippen LogP contribution in [0.15, 0.2) is 28.9 Å². The van der Waals surface area contributed by atoms with Crippen LogP contribution in [0.1, 0.15) is 10.4 Å². The third-order valence-corrected chi connectivity index (χ3v) is 1.99. The summed E-state index contributed by atoms with van der Waals surface area (Å²) >= 11 is 0. The molecular formula is C10H5F2NO3. The molecule has 0 aliphatic rings. The Hall–Kier alpha value is -2.24. The van der Waals surface area contributed by atoms with Crippen LogP contribution in [0.3, 0.4) is 0 Å². The number of halogens is 2. The normalized spacial score (nSPS) is 10.4. The lowest BCUT2D eigenvalue weighted by Crippen LogP contribution is -1.98. The Morgan fingerprint density at radius 2 is 1.94 bits per heavy atom. The molecule has 0 bridgehead atoms. The number of carbonyl (C=O) groups is 1. The molecule has 0 amide bonds. The number of carboxylic acid groups (broad SMARTS) is 1. The Kier molecular flexibility index (Phi) is 2.40. The Morgan fingerprint density at radius 3 is 2.50 bits per heavy atom. The predicted molar refractivity (Wildman–Crippen MR) is 48.8 cm³/mol. The van der Waals surface area contributed by atoms with Gasteiger partial charge < -0.3 is 9.63 Å². The highest BCUT2D eigenvalue weighted by Gasteiger charge is 2.22. The minimum absolute atomic E-state index is 0.385. The number of hydrogen-bond acceptors (Lipinski definition) is 3. The average molecular weight is 225 g/mol. The monoisotopic (exact) mass is 225 g/mol. The Balaban J connectivity index is 2.68. The van der Waals surface area contributed by atoms with E-state index in [0.717, 1.165) is 18.3 Å². The Morgan fingerprint density at radius 1 is 1.31 bits per heavy atom. The first kappa shape index (κ1) is 10.3. The number of carboxylic acids is 1. The summed E-state index contributed by atoms with van der Waals surface area (Å²) in [6, 6.07) is 3.18. The van der Waals surface area contributed by atoms with Crippen molar-refractivity contribution in [1.82, 2.24) is 5.16 Å². The minimum Gasteiger partial charge on any atom is -0.477 e. The van der Waals surface area contributed by atoms with Crippen molar-refractivity contribution in [1.29, 1.82) is 0 Å². The van der Waals surface area contributed by atoms with Gasteiger partial charge >= 0.3 is 5.97 Å². The average Bonchev–Trinajstić information content (AvgIpc) is 2.66. The molecule has 4 nitrogen and oxygen atoms in total. The van der Waals surface area contributed by atoms with E-state index in [2.05, 4.69) is 9.68 Å². The quantitative estimate of drug-likeness (QED) is 0.851. The van der Waals surface area contributed by atoms with E-state index in [-0.39, 0.29) is 5.56 Å². The SMILES string of the molecule is O=C(O)c1cnoc1-c1c(F)cccc1F. The van der Waals surface area contributed by atoms with Crippen molar-refractivity contribution in [3.8, 4) is 11.3 Å². The van der Waals surface area contributed by atoms with Gasteiger partial charge in [0.2, 0.25) is 0 Å². The summed E-state index contributed by atoms with van der Waals surface area (Å²) in [5, 5.41) is 12.0. The van der Waals surface area contributed by atoms with E-state index in [1.165, 1.54) is 6.07 Å². The topological polar surface area (TPSA) is 63.3 Å². The number of hydrogen-bond donors (Lipinski definition) is 1. The number of nitrogens with zero attached hydrogens (tertiary/aromatic N) is 1. The molecule has 1 aromatic carbocycles. The maximum absolute atomic E-state index is 13.3. The second-order valence-corrected chi connectivity index (χ2v) is 2.97. The third-order valence-electron chi connectivity index (χ3n) is 1.99. The molecule has 0 atom stereocenters. The summed E-state index contributed by atoms with van der Waals surface area (Å²) in [6.07, 6.45) is 0.892. The maximum Gasteiger partial charge on any atom is 0.341 e. The van der Waals surface area contributed by atoms with Crippen LogP contribution >= 0.6 is 0 Å². The summed E-state index contributed by atoms with van der Waals surface area (Å²) in [5.74, 6) is -3.60. The molecule has 6 heteroatoms. The van der Waals surface area contributed by atoms with Crippen molar-refractivity contribution in [3.63, 3.8) is 0 Å². The smallest absolute Gasteiger partial charge is 0.341 e. The van der Waals surface area contributed by atoms with Gasteiger partial charge in [0.15, 0.2) is 5.76 Å². The lowest BCUT2D eigenvalue weighted by molar-refractivity contribution is 0.0697. The van der Waals surface area contributed by atoms with Crippen LogP contribution in [-0.4, -0.2) is 16.2 Å². The minimum atomic E-state index is -1.36. The van der Waals surface area contributed by atoms with Gasteiger partial charge in [0, 0.05) is 0 Å². The van der Waals surface area contributed by atoms with Crippen LogP contribution in [-0.2, 0) is 0 Å². The molecule has 0 saturated carbocycles. The molecule has 0 radical (unpaired) electrons. The van der Waals surface area contributed by atoms with Gasteiger partial charge in [-0.2, -0.15) is 0 Å². The molecule has 2 rings (SSSR count). The molecule has 1 N–H and O–H groups in total. The molecule has 0 spiro atoms. The summed E-state index contributed by atoms with van der Waals surface area (Å²) in [5.41, 5.74) is -0.915. The van der Waals surface area contributed by atoms with Crippen molar-refractivity contribution in [3.05, 3.63) is 41.6 Å². The molecule has 2 aromatic rings. The van der Waals surface area contributed by atoms with Crippen LogP contribution in [0, 0.1) is 11.6 Å². The fourth-order valence-corrected chi connectivity index (χ4v) is 1.29. The van der Waals surface area contributed by atoms with Crippen LogP contribution < -0.4 is 0 Å². The van der Waals surface area contributed by atoms with E-state index in [1.807, 2.05) is 0 Å². The second-order valence-electron chi connectivity index (χ2n) is 2.97. The van der Waals surface area contributed by atoms with Crippen LogP contribution in [0.25, 0.3) is 11.3 Å². The van der Waals surface area contributed by atoms with Gasteiger partial charge in [0.05, 0.1) is 11.8 Å². The lowest BCUT2D eigenvalue weighted by Gasteiger charge is -2.01. The zero-order valence-electron chi connectivity index (χ0n) is 7.78. The molecule has 1 aromatic heterocycles. The maximum atomic E-state index is 13.3.